The summed E-state index contributed by atoms with van der Waals surface area (Å²) in [6.45, 7) is 3.67. The van der Waals surface area contributed by atoms with Crippen LogP contribution in [0.3, 0.4) is 0 Å². The van der Waals surface area contributed by atoms with Gasteiger partial charge in [-0.15, -0.1) is 6.58 Å². The van der Waals surface area contributed by atoms with Gasteiger partial charge in [-0.2, -0.15) is 0 Å². The van der Waals surface area contributed by atoms with Gasteiger partial charge < -0.3 is 4.79 Å². The monoisotopic (exact) mass is 236 g/mol. The molecule has 0 aromatic rings. The third kappa shape index (κ3) is 12.8. The summed E-state index contributed by atoms with van der Waals surface area (Å²) < 4.78 is 0. The van der Waals surface area contributed by atoms with Crippen molar-refractivity contribution in [2.24, 2.45) is 0 Å². The van der Waals surface area contributed by atoms with E-state index in [0.717, 1.165) is 44.8 Å². The Morgan fingerprint density at radius 3 is 2.35 bits per heavy atom. The van der Waals surface area contributed by atoms with Gasteiger partial charge in [-0.25, -0.2) is 0 Å². The molecule has 0 amide bonds. The molecule has 0 saturated carbocycles. The van der Waals surface area contributed by atoms with Crippen molar-refractivity contribution in [3.63, 3.8) is 0 Å². The fourth-order valence-corrected chi connectivity index (χ4v) is 1.56. The van der Waals surface area contributed by atoms with Crippen LogP contribution in [0.25, 0.3) is 0 Å². The van der Waals surface area contributed by atoms with Crippen LogP contribution in [0.2, 0.25) is 0 Å². The van der Waals surface area contributed by atoms with Gasteiger partial charge in [0.05, 0.1) is 0 Å². The van der Waals surface area contributed by atoms with Gasteiger partial charge >= 0.3 is 0 Å². The second-order valence-corrected chi connectivity index (χ2v) is 4.18. The van der Waals surface area contributed by atoms with E-state index in [1.807, 2.05) is 18.2 Å². The van der Waals surface area contributed by atoms with Gasteiger partial charge in [0.2, 0.25) is 0 Å². The number of Topliss-reactive ketones (excluding diaryl/α,β-unsaturated/α-hetero) is 1. The molecular weight excluding hydrogens is 212 g/mol. The third-order valence-electron chi connectivity index (χ3n) is 2.57. The first kappa shape index (κ1) is 15.8. The number of ketones is 1. The van der Waals surface area contributed by atoms with Crippen molar-refractivity contribution in [2.45, 2.75) is 57.8 Å². The smallest absolute Gasteiger partial charge is 0.133 e. The molecule has 0 aliphatic rings. The van der Waals surface area contributed by atoms with Crippen LogP contribution in [0.1, 0.15) is 57.8 Å². The second kappa shape index (κ2) is 12.9. The fourth-order valence-electron chi connectivity index (χ4n) is 1.56. The highest BCUT2D eigenvalue weighted by atomic mass is 16.1. The summed E-state index contributed by atoms with van der Waals surface area (Å²) in [6, 6.07) is 0. The first-order chi connectivity index (χ1) is 8.31. The first-order valence-corrected chi connectivity index (χ1v) is 6.52. The number of carbonyl (C=O) groups excluding carboxylic acids is 2. The summed E-state index contributed by atoms with van der Waals surface area (Å²) in [4.78, 5) is 21.5. The lowest BCUT2D eigenvalue weighted by atomic mass is 10.1. The molecule has 0 aliphatic heterocycles. The van der Waals surface area contributed by atoms with E-state index in [2.05, 4.69) is 6.58 Å². The van der Waals surface area contributed by atoms with Crippen molar-refractivity contribution < 1.29 is 9.59 Å². The van der Waals surface area contributed by atoms with E-state index >= 15 is 0 Å². The fraction of sp³-hybridized carbons (Fsp3) is 0.600. The predicted octanol–water partition coefficient (Wildman–Crippen LogP) is 4.01. The van der Waals surface area contributed by atoms with Crippen LogP contribution < -0.4 is 0 Å². The molecule has 0 spiro atoms. The van der Waals surface area contributed by atoms with Crippen LogP contribution in [0.15, 0.2) is 24.8 Å². The molecular formula is C15H24O2. The van der Waals surface area contributed by atoms with Gasteiger partial charge in [-0.05, 0) is 32.1 Å². The average Bonchev–Trinajstić information content (AvgIpc) is 2.33. The number of hydrogen-bond acceptors (Lipinski definition) is 2. The van der Waals surface area contributed by atoms with E-state index in [9.17, 15) is 9.59 Å². The zero-order chi connectivity index (χ0) is 12.8. The minimum atomic E-state index is 0.351. The predicted molar refractivity (Wildman–Crippen MR) is 72.0 cm³/mol. The number of carbonyl (C=O) groups is 2. The maximum absolute atomic E-state index is 11.5. The van der Waals surface area contributed by atoms with E-state index in [-0.39, 0.29) is 0 Å². The Balaban J connectivity index is 3.31. The van der Waals surface area contributed by atoms with Crippen molar-refractivity contribution in [1.82, 2.24) is 0 Å². The number of unbranched alkanes of at least 4 members (excludes halogenated alkanes) is 4. The molecule has 0 atom stereocenters. The standard InChI is InChI=1S/C15H24O2/c1-2-3-4-6-9-12-15(17)13-10-7-5-8-11-14-16/h2,5,7,14H,1,3-4,6,8-13H2. The molecule has 0 aromatic heterocycles. The van der Waals surface area contributed by atoms with Crippen molar-refractivity contribution in [1.29, 1.82) is 0 Å². The summed E-state index contributed by atoms with van der Waals surface area (Å²) in [7, 11) is 0. The summed E-state index contributed by atoms with van der Waals surface area (Å²) >= 11 is 0. The third-order valence-corrected chi connectivity index (χ3v) is 2.57. The van der Waals surface area contributed by atoms with Gasteiger partial charge in [0.15, 0.2) is 0 Å². The molecule has 0 rings (SSSR count). The zero-order valence-corrected chi connectivity index (χ0v) is 10.7. The topological polar surface area (TPSA) is 34.1 Å². The second-order valence-electron chi connectivity index (χ2n) is 4.18. The number of aldehydes is 1. The lowest BCUT2D eigenvalue weighted by molar-refractivity contribution is -0.119. The molecule has 17 heavy (non-hydrogen) atoms. The lowest BCUT2D eigenvalue weighted by Gasteiger charge is -1.98. The molecule has 0 N–H and O–H groups in total. The highest BCUT2D eigenvalue weighted by molar-refractivity contribution is 5.78. The van der Waals surface area contributed by atoms with E-state index < -0.39 is 0 Å². The van der Waals surface area contributed by atoms with Gasteiger partial charge in [-0.1, -0.05) is 24.6 Å². The number of allylic oxidation sites excluding steroid dienone is 3. The molecule has 0 bridgehead atoms. The van der Waals surface area contributed by atoms with E-state index in [1.54, 1.807) is 0 Å². The first-order valence-electron chi connectivity index (χ1n) is 6.52. The quantitative estimate of drug-likeness (QED) is 0.291. The van der Waals surface area contributed by atoms with Crippen molar-refractivity contribution in [3.8, 4) is 0 Å². The molecule has 0 heterocycles. The highest BCUT2D eigenvalue weighted by Gasteiger charge is 1.99. The van der Waals surface area contributed by atoms with E-state index in [4.69, 9.17) is 0 Å². The molecule has 0 aromatic carbocycles. The summed E-state index contributed by atoms with van der Waals surface area (Å²) in [6.07, 6.45) is 14.6. The normalized spacial score (nSPS) is 10.6. The van der Waals surface area contributed by atoms with Crippen LogP contribution >= 0.6 is 0 Å². The maximum atomic E-state index is 11.5. The molecule has 2 nitrogen and oxygen atoms in total. The van der Waals surface area contributed by atoms with Crippen molar-refractivity contribution >= 4 is 12.1 Å². The largest absolute Gasteiger partial charge is 0.303 e. The maximum Gasteiger partial charge on any atom is 0.133 e. The Kier molecular flexibility index (Phi) is 12.0. The van der Waals surface area contributed by atoms with Crippen LogP contribution in [0, 0.1) is 0 Å². The van der Waals surface area contributed by atoms with Crippen molar-refractivity contribution in [3.05, 3.63) is 24.8 Å². The number of hydrogen-bond donors (Lipinski definition) is 0. The Morgan fingerprint density at radius 2 is 1.65 bits per heavy atom. The van der Waals surface area contributed by atoms with Crippen LogP contribution in [-0.2, 0) is 9.59 Å². The van der Waals surface area contributed by atoms with E-state index in [1.165, 1.54) is 0 Å². The highest BCUT2D eigenvalue weighted by Crippen LogP contribution is 2.06. The Hall–Kier alpha value is -1.18. The molecule has 0 unspecified atom stereocenters. The lowest BCUT2D eigenvalue weighted by Crippen LogP contribution is -1.96. The molecule has 2 heteroatoms. The average molecular weight is 236 g/mol. The van der Waals surface area contributed by atoms with E-state index in [0.29, 0.717) is 25.0 Å². The summed E-state index contributed by atoms with van der Waals surface area (Å²) in [5.74, 6) is 0.351. The summed E-state index contributed by atoms with van der Waals surface area (Å²) in [5, 5.41) is 0. The Labute approximate surface area is 105 Å². The molecule has 0 saturated heterocycles. The van der Waals surface area contributed by atoms with Gasteiger partial charge in [0.1, 0.15) is 12.1 Å². The molecule has 96 valence electrons. The van der Waals surface area contributed by atoms with Gasteiger partial charge in [0.25, 0.3) is 0 Å². The summed E-state index contributed by atoms with van der Waals surface area (Å²) in [5.41, 5.74) is 0. The Bertz CT molecular complexity index is 241. The van der Waals surface area contributed by atoms with Crippen LogP contribution in [0.4, 0.5) is 0 Å². The Morgan fingerprint density at radius 1 is 0.882 bits per heavy atom. The van der Waals surface area contributed by atoms with Gasteiger partial charge in [0, 0.05) is 19.3 Å². The SMILES string of the molecule is C=CCCCCCC(=O)CCC=CCCC=O. The number of rotatable bonds is 12. The van der Waals surface area contributed by atoms with Crippen molar-refractivity contribution in [2.75, 3.05) is 0 Å². The molecule has 0 radical (unpaired) electrons. The van der Waals surface area contributed by atoms with Gasteiger partial charge in [-0.3, -0.25) is 4.79 Å². The minimum absolute atomic E-state index is 0.351. The minimum Gasteiger partial charge on any atom is -0.303 e. The molecule has 0 fully saturated rings. The zero-order valence-electron chi connectivity index (χ0n) is 10.7. The van der Waals surface area contributed by atoms with Crippen LogP contribution in [-0.4, -0.2) is 12.1 Å². The molecule has 0 aliphatic carbocycles. The van der Waals surface area contributed by atoms with Crippen LogP contribution in [0.5, 0.6) is 0 Å².